The van der Waals surface area contributed by atoms with Gasteiger partial charge < -0.3 is 4.90 Å². The third-order valence-electron chi connectivity index (χ3n) is 3.11. The number of nitrogens with zero attached hydrogens (tertiary/aromatic N) is 2. The van der Waals surface area contributed by atoms with Crippen LogP contribution in [0.2, 0.25) is 5.02 Å². The fourth-order valence-corrected chi connectivity index (χ4v) is 2.08. The van der Waals surface area contributed by atoms with Crippen molar-refractivity contribution in [3.8, 4) is 6.07 Å². The van der Waals surface area contributed by atoms with Crippen LogP contribution in [-0.2, 0) is 0 Å². The third kappa shape index (κ3) is 2.66. The van der Waals surface area contributed by atoms with Crippen molar-refractivity contribution in [2.45, 2.75) is 6.92 Å². The molecule has 0 aliphatic carbocycles. The van der Waals surface area contributed by atoms with Crippen molar-refractivity contribution in [1.82, 2.24) is 0 Å². The van der Waals surface area contributed by atoms with E-state index in [2.05, 4.69) is 0 Å². The molecule has 0 heterocycles. The molecule has 0 saturated carbocycles. The van der Waals surface area contributed by atoms with Crippen molar-refractivity contribution in [2.75, 3.05) is 11.9 Å². The standard InChI is InChI=1S/C16H13ClN2O/c1-11-4-3-5-14(15(11)17)16(20)19(2)13-8-6-12(10-18)7-9-13/h3-9H,1-2H3. The summed E-state index contributed by atoms with van der Waals surface area (Å²) >= 11 is 6.18. The molecule has 0 bridgehead atoms. The van der Waals surface area contributed by atoms with E-state index in [1.165, 1.54) is 4.90 Å². The number of halogens is 1. The number of hydrogen-bond donors (Lipinski definition) is 0. The van der Waals surface area contributed by atoms with Gasteiger partial charge in [0.1, 0.15) is 0 Å². The molecule has 0 aliphatic rings. The van der Waals surface area contributed by atoms with Gasteiger partial charge in [-0.05, 0) is 42.8 Å². The monoisotopic (exact) mass is 284 g/mol. The van der Waals surface area contributed by atoms with Crippen LogP contribution in [0.25, 0.3) is 0 Å². The Kier molecular flexibility index (Phi) is 4.07. The first-order valence-corrected chi connectivity index (χ1v) is 6.45. The molecular formula is C16H13ClN2O. The molecular weight excluding hydrogens is 272 g/mol. The van der Waals surface area contributed by atoms with Gasteiger partial charge in [0.25, 0.3) is 5.91 Å². The highest BCUT2D eigenvalue weighted by Gasteiger charge is 2.17. The van der Waals surface area contributed by atoms with Gasteiger partial charge in [0.15, 0.2) is 0 Å². The summed E-state index contributed by atoms with van der Waals surface area (Å²) in [5.41, 5.74) is 2.61. The first-order valence-electron chi connectivity index (χ1n) is 6.08. The van der Waals surface area contributed by atoms with Crippen molar-refractivity contribution in [3.05, 3.63) is 64.2 Å². The molecule has 0 fully saturated rings. The lowest BCUT2D eigenvalue weighted by Crippen LogP contribution is -2.26. The van der Waals surface area contributed by atoms with E-state index in [0.717, 1.165) is 5.56 Å². The van der Waals surface area contributed by atoms with Gasteiger partial charge in [-0.1, -0.05) is 23.7 Å². The molecule has 2 aromatic carbocycles. The summed E-state index contributed by atoms with van der Waals surface area (Å²) in [5, 5.41) is 9.24. The molecule has 0 unspecified atom stereocenters. The minimum absolute atomic E-state index is 0.177. The number of rotatable bonds is 2. The van der Waals surface area contributed by atoms with Gasteiger partial charge in [0.2, 0.25) is 0 Å². The van der Waals surface area contributed by atoms with Gasteiger partial charge >= 0.3 is 0 Å². The van der Waals surface area contributed by atoms with Crippen LogP contribution >= 0.6 is 11.6 Å². The molecule has 0 aromatic heterocycles. The van der Waals surface area contributed by atoms with Crippen molar-refractivity contribution in [2.24, 2.45) is 0 Å². The molecule has 2 rings (SSSR count). The summed E-state index contributed by atoms with van der Waals surface area (Å²) in [7, 11) is 1.68. The number of aryl methyl sites for hydroxylation is 1. The van der Waals surface area contributed by atoms with Crippen LogP contribution in [0.1, 0.15) is 21.5 Å². The van der Waals surface area contributed by atoms with Gasteiger partial charge in [-0.2, -0.15) is 5.26 Å². The molecule has 20 heavy (non-hydrogen) atoms. The Morgan fingerprint density at radius 2 is 1.85 bits per heavy atom. The molecule has 100 valence electrons. The molecule has 0 atom stereocenters. The minimum Gasteiger partial charge on any atom is -0.311 e. The zero-order valence-electron chi connectivity index (χ0n) is 11.2. The zero-order valence-corrected chi connectivity index (χ0v) is 12.0. The zero-order chi connectivity index (χ0) is 14.7. The van der Waals surface area contributed by atoms with Gasteiger partial charge in [0.05, 0.1) is 22.2 Å². The number of nitriles is 1. The van der Waals surface area contributed by atoms with Crippen molar-refractivity contribution in [3.63, 3.8) is 0 Å². The average molecular weight is 285 g/mol. The van der Waals surface area contributed by atoms with Crippen LogP contribution in [0.5, 0.6) is 0 Å². The summed E-state index contributed by atoms with van der Waals surface area (Å²) in [6, 6.07) is 14.2. The third-order valence-corrected chi connectivity index (χ3v) is 3.61. The van der Waals surface area contributed by atoms with Crippen LogP contribution in [0.3, 0.4) is 0 Å². The Morgan fingerprint density at radius 3 is 2.45 bits per heavy atom. The SMILES string of the molecule is Cc1cccc(C(=O)N(C)c2ccc(C#N)cc2)c1Cl. The quantitative estimate of drug-likeness (QED) is 0.842. The first kappa shape index (κ1) is 14.1. The Labute approximate surface area is 123 Å². The Balaban J connectivity index is 2.32. The van der Waals surface area contributed by atoms with Crippen LogP contribution in [0, 0.1) is 18.3 Å². The smallest absolute Gasteiger partial charge is 0.259 e. The fraction of sp³-hybridized carbons (Fsp3) is 0.125. The number of carbonyl (C=O) groups excluding carboxylic acids is 1. The van der Waals surface area contributed by atoms with Crippen molar-refractivity contribution >= 4 is 23.2 Å². The highest BCUT2D eigenvalue weighted by atomic mass is 35.5. The maximum Gasteiger partial charge on any atom is 0.259 e. The van der Waals surface area contributed by atoms with E-state index < -0.39 is 0 Å². The number of benzene rings is 2. The molecule has 0 aliphatic heterocycles. The number of carbonyl (C=O) groups is 1. The average Bonchev–Trinajstić information content (AvgIpc) is 2.48. The summed E-state index contributed by atoms with van der Waals surface area (Å²) in [5.74, 6) is -0.177. The maximum atomic E-state index is 12.4. The number of amides is 1. The summed E-state index contributed by atoms with van der Waals surface area (Å²) in [6.45, 7) is 1.86. The molecule has 2 aromatic rings. The molecule has 0 saturated heterocycles. The first-order chi connectivity index (χ1) is 9.54. The van der Waals surface area contributed by atoms with Crippen LogP contribution in [-0.4, -0.2) is 13.0 Å². The second kappa shape index (κ2) is 5.77. The van der Waals surface area contributed by atoms with E-state index >= 15 is 0 Å². The minimum atomic E-state index is -0.177. The molecule has 0 spiro atoms. The van der Waals surface area contributed by atoms with E-state index in [0.29, 0.717) is 21.8 Å². The van der Waals surface area contributed by atoms with E-state index in [9.17, 15) is 4.79 Å². The van der Waals surface area contributed by atoms with E-state index in [1.54, 1.807) is 43.4 Å². The molecule has 0 radical (unpaired) electrons. The highest BCUT2D eigenvalue weighted by Crippen LogP contribution is 2.23. The maximum absolute atomic E-state index is 12.4. The van der Waals surface area contributed by atoms with Crippen LogP contribution in [0.4, 0.5) is 5.69 Å². The lowest BCUT2D eigenvalue weighted by Gasteiger charge is -2.18. The van der Waals surface area contributed by atoms with Crippen molar-refractivity contribution in [1.29, 1.82) is 5.26 Å². The normalized spacial score (nSPS) is 9.90. The van der Waals surface area contributed by atoms with E-state index in [4.69, 9.17) is 16.9 Å². The van der Waals surface area contributed by atoms with E-state index in [-0.39, 0.29) is 5.91 Å². The van der Waals surface area contributed by atoms with Crippen LogP contribution < -0.4 is 4.90 Å². The fourth-order valence-electron chi connectivity index (χ4n) is 1.87. The predicted molar refractivity (Wildman–Crippen MR) is 80.1 cm³/mol. The van der Waals surface area contributed by atoms with E-state index in [1.807, 2.05) is 19.1 Å². The molecule has 4 heteroatoms. The molecule has 1 amide bonds. The van der Waals surface area contributed by atoms with Gasteiger partial charge in [-0.3, -0.25) is 4.79 Å². The number of hydrogen-bond acceptors (Lipinski definition) is 2. The summed E-state index contributed by atoms with van der Waals surface area (Å²) in [6.07, 6.45) is 0. The van der Waals surface area contributed by atoms with Crippen LogP contribution in [0.15, 0.2) is 42.5 Å². The number of anilines is 1. The predicted octanol–water partition coefficient (Wildman–Crippen LogP) is 3.80. The molecule has 3 nitrogen and oxygen atoms in total. The topological polar surface area (TPSA) is 44.1 Å². The second-order valence-electron chi connectivity index (χ2n) is 4.46. The Hall–Kier alpha value is -2.31. The second-order valence-corrected chi connectivity index (χ2v) is 4.84. The Morgan fingerprint density at radius 1 is 1.20 bits per heavy atom. The highest BCUT2D eigenvalue weighted by molar-refractivity contribution is 6.35. The summed E-state index contributed by atoms with van der Waals surface area (Å²) in [4.78, 5) is 14.0. The van der Waals surface area contributed by atoms with Crippen molar-refractivity contribution < 1.29 is 4.79 Å². The lowest BCUT2D eigenvalue weighted by molar-refractivity contribution is 0.0993. The largest absolute Gasteiger partial charge is 0.311 e. The summed E-state index contributed by atoms with van der Waals surface area (Å²) < 4.78 is 0. The lowest BCUT2D eigenvalue weighted by atomic mass is 10.1. The van der Waals surface area contributed by atoms with Gasteiger partial charge in [-0.15, -0.1) is 0 Å². The van der Waals surface area contributed by atoms with Gasteiger partial charge in [0, 0.05) is 12.7 Å². The Bertz CT molecular complexity index is 687. The molecule has 0 N–H and O–H groups in total. The van der Waals surface area contributed by atoms with Gasteiger partial charge in [-0.25, -0.2) is 0 Å².